The molecule has 1 atom stereocenters. The molecule has 0 aromatic carbocycles. The third-order valence-corrected chi connectivity index (χ3v) is 3.26. The second kappa shape index (κ2) is 5.00. The predicted octanol–water partition coefficient (Wildman–Crippen LogP) is 2.42. The van der Waals surface area contributed by atoms with Crippen LogP contribution < -0.4 is 0 Å². The predicted molar refractivity (Wildman–Crippen MR) is 72.0 cm³/mol. The smallest absolute Gasteiger partial charge is 0.331 e. The van der Waals surface area contributed by atoms with Crippen LogP contribution >= 0.6 is 0 Å². The van der Waals surface area contributed by atoms with Gasteiger partial charge in [0.15, 0.2) is 11.5 Å². The van der Waals surface area contributed by atoms with Gasteiger partial charge < -0.3 is 14.9 Å². The van der Waals surface area contributed by atoms with E-state index in [1.54, 1.807) is 6.92 Å². The standard InChI is InChI=1S/C15H16O5/c1-7(2)4-5-9-10-6-11(16)20-8(3)12(10)14(18)15(19)13(9)17/h4,6,8,17-18H,5H2,1-3H3/t8-/m0/s1. The number of aliphatic hydroxyl groups excluding tert-OH is 2. The molecule has 2 aliphatic rings. The van der Waals surface area contributed by atoms with Crippen molar-refractivity contribution in [3.8, 4) is 0 Å². The van der Waals surface area contributed by atoms with E-state index in [0.29, 0.717) is 17.6 Å². The summed E-state index contributed by atoms with van der Waals surface area (Å²) >= 11 is 0. The Kier molecular flexibility index (Phi) is 3.53. The van der Waals surface area contributed by atoms with E-state index < -0.39 is 29.4 Å². The van der Waals surface area contributed by atoms with E-state index in [9.17, 15) is 19.8 Å². The third kappa shape index (κ3) is 2.27. The number of carbonyl (C=O) groups excluding carboxylic acids is 2. The highest BCUT2D eigenvalue weighted by molar-refractivity contribution is 6.10. The molecule has 0 unspecified atom stereocenters. The van der Waals surface area contributed by atoms with Crippen LogP contribution in [0.15, 0.2) is 46.0 Å². The minimum Gasteiger partial charge on any atom is -0.504 e. The number of carbonyl (C=O) groups is 2. The minimum atomic E-state index is -0.834. The molecule has 0 saturated heterocycles. The van der Waals surface area contributed by atoms with E-state index >= 15 is 0 Å². The quantitative estimate of drug-likeness (QED) is 0.597. The fraction of sp³-hybridized carbons (Fsp3) is 0.333. The molecule has 0 amide bonds. The number of allylic oxidation sites excluding steroid dienone is 3. The van der Waals surface area contributed by atoms with Gasteiger partial charge in [-0.1, -0.05) is 11.6 Å². The van der Waals surface area contributed by atoms with Crippen LogP contribution in [-0.2, 0) is 14.3 Å². The highest BCUT2D eigenvalue weighted by Crippen LogP contribution is 2.37. The van der Waals surface area contributed by atoms with Crippen LogP contribution in [0.1, 0.15) is 27.2 Å². The van der Waals surface area contributed by atoms with Crippen molar-refractivity contribution in [2.75, 3.05) is 0 Å². The van der Waals surface area contributed by atoms with Crippen LogP contribution in [0.4, 0.5) is 0 Å². The lowest BCUT2D eigenvalue weighted by Gasteiger charge is -2.28. The zero-order valence-electron chi connectivity index (χ0n) is 11.6. The lowest BCUT2D eigenvalue weighted by Crippen LogP contribution is -2.30. The van der Waals surface area contributed by atoms with E-state index in [2.05, 4.69) is 0 Å². The van der Waals surface area contributed by atoms with Crippen molar-refractivity contribution in [2.24, 2.45) is 0 Å². The summed E-state index contributed by atoms with van der Waals surface area (Å²) in [6.45, 7) is 5.36. The lowest BCUT2D eigenvalue weighted by molar-refractivity contribution is -0.141. The zero-order chi connectivity index (χ0) is 15.0. The Morgan fingerprint density at radius 2 is 1.95 bits per heavy atom. The number of hydrogen-bond donors (Lipinski definition) is 2. The maximum absolute atomic E-state index is 11.9. The second-order valence-corrected chi connectivity index (χ2v) is 5.04. The van der Waals surface area contributed by atoms with Crippen LogP contribution in [0, 0.1) is 0 Å². The normalized spacial score (nSPS) is 22.4. The number of aliphatic hydroxyl groups is 2. The first kappa shape index (κ1) is 14.1. The molecular weight excluding hydrogens is 260 g/mol. The molecule has 0 bridgehead atoms. The van der Waals surface area contributed by atoms with E-state index in [1.807, 2.05) is 19.9 Å². The van der Waals surface area contributed by atoms with Gasteiger partial charge in [0, 0.05) is 17.2 Å². The van der Waals surface area contributed by atoms with Crippen molar-refractivity contribution in [1.82, 2.24) is 0 Å². The average molecular weight is 276 g/mol. The van der Waals surface area contributed by atoms with Crippen LogP contribution in [0.25, 0.3) is 0 Å². The number of hydrogen-bond acceptors (Lipinski definition) is 5. The van der Waals surface area contributed by atoms with Crippen molar-refractivity contribution >= 4 is 11.8 Å². The van der Waals surface area contributed by atoms with Crippen molar-refractivity contribution in [2.45, 2.75) is 33.3 Å². The van der Waals surface area contributed by atoms with Crippen LogP contribution in [-0.4, -0.2) is 28.1 Å². The first-order valence-electron chi connectivity index (χ1n) is 6.29. The van der Waals surface area contributed by atoms with Gasteiger partial charge >= 0.3 is 5.97 Å². The van der Waals surface area contributed by atoms with E-state index in [4.69, 9.17) is 4.74 Å². The molecular formula is C15H16O5. The number of ether oxygens (including phenoxy) is 1. The Balaban J connectivity index is 2.58. The lowest BCUT2D eigenvalue weighted by atomic mass is 9.83. The molecule has 0 saturated carbocycles. The number of ketones is 1. The first-order valence-corrected chi connectivity index (χ1v) is 6.29. The van der Waals surface area contributed by atoms with Gasteiger partial charge in [-0.15, -0.1) is 0 Å². The fourth-order valence-corrected chi connectivity index (χ4v) is 2.26. The number of Topliss-reactive ketones (excluding diaryl/α,β-unsaturated/α-hetero) is 1. The van der Waals surface area contributed by atoms with Gasteiger partial charge in [-0.05, 0) is 32.8 Å². The second-order valence-electron chi connectivity index (χ2n) is 5.04. The maximum Gasteiger partial charge on any atom is 0.331 e. The molecule has 0 radical (unpaired) electrons. The first-order chi connectivity index (χ1) is 9.32. The SMILES string of the molecule is CC(C)=CCC1=C(O)C(=O)C(O)=C2C1=CC(=O)O[C@H]2C. The van der Waals surface area contributed by atoms with Crippen molar-refractivity contribution in [3.05, 3.63) is 46.0 Å². The molecule has 2 rings (SSSR count). The van der Waals surface area contributed by atoms with Crippen LogP contribution in [0.3, 0.4) is 0 Å². The van der Waals surface area contributed by atoms with Gasteiger partial charge in [0.05, 0.1) is 0 Å². The van der Waals surface area contributed by atoms with Crippen molar-refractivity contribution in [1.29, 1.82) is 0 Å². The maximum atomic E-state index is 11.9. The van der Waals surface area contributed by atoms with Gasteiger partial charge in [0.1, 0.15) is 6.10 Å². The Bertz CT molecular complexity index is 612. The molecule has 0 aromatic rings. The number of fused-ring (bicyclic) bond motifs is 1. The molecule has 1 aliphatic heterocycles. The fourth-order valence-electron chi connectivity index (χ4n) is 2.26. The van der Waals surface area contributed by atoms with Gasteiger partial charge in [-0.25, -0.2) is 4.79 Å². The number of rotatable bonds is 2. The highest BCUT2D eigenvalue weighted by atomic mass is 16.5. The number of esters is 1. The Morgan fingerprint density at radius 3 is 2.55 bits per heavy atom. The largest absolute Gasteiger partial charge is 0.504 e. The molecule has 1 aliphatic carbocycles. The van der Waals surface area contributed by atoms with Gasteiger partial charge in [-0.3, -0.25) is 4.79 Å². The topological polar surface area (TPSA) is 83.8 Å². The van der Waals surface area contributed by atoms with Crippen molar-refractivity contribution in [3.63, 3.8) is 0 Å². The summed E-state index contributed by atoms with van der Waals surface area (Å²) in [7, 11) is 0. The molecule has 5 nitrogen and oxygen atoms in total. The molecule has 0 fully saturated rings. The van der Waals surface area contributed by atoms with Crippen molar-refractivity contribution < 1.29 is 24.5 Å². The summed E-state index contributed by atoms with van der Waals surface area (Å²) in [5.74, 6) is -2.47. The highest BCUT2D eigenvalue weighted by Gasteiger charge is 2.37. The van der Waals surface area contributed by atoms with E-state index in [1.165, 1.54) is 6.08 Å². The average Bonchev–Trinajstić information content (AvgIpc) is 2.34. The summed E-state index contributed by atoms with van der Waals surface area (Å²) in [6, 6.07) is 0. The monoisotopic (exact) mass is 276 g/mol. The summed E-state index contributed by atoms with van der Waals surface area (Å²) < 4.78 is 4.98. The Morgan fingerprint density at radius 1 is 1.30 bits per heavy atom. The van der Waals surface area contributed by atoms with Gasteiger partial charge in [-0.2, -0.15) is 0 Å². The minimum absolute atomic E-state index is 0.254. The molecule has 2 N–H and O–H groups in total. The Labute approximate surface area is 116 Å². The molecule has 5 heteroatoms. The summed E-state index contributed by atoms with van der Waals surface area (Å²) in [4.78, 5) is 23.4. The van der Waals surface area contributed by atoms with E-state index in [0.717, 1.165) is 5.57 Å². The summed E-state index contributed by atoms with van der Waals surface area (Å²) in [6.07, 6.45) is 2.62. The van der Waals surface area contributed by atoms with E-state index in [-0.39, 0.29) is 5.57 Å². The molecule has 0 aromatic heterocycles. The molecule has 106 valence electrons. The summed E-state index contributed by atoms with van der Waals surface area (Å²) in [5.41, 5.74) is 1.99. The molecule has 0 spiro atoms. The van der Waals surface area contributed by atoms with Gasteiger partial charge in [0.2, 0.25) is 0 Å². The van der Waals surface area contributed by atoms with Crippen LogP contribution in [0.5, 0.6) is 0 Å². The molecule has 20 heavy (non-hydrogen) atoms. The molecule has 1 heterocycles. The zero-order valence-corrected chi connectivity index (χ0v) is 11.6. The van der Waals surface area contributed by atoms with Gasteiger partial charge in [0.25, 0.3) is 5.78 Å². The number of cyclic esters (lactones) is 1. The third-order valence-electron chi connectivity index (χ3n) is 3.26. The van der Waals surface area contributed by atoms with Crippen LogP contribution in [0.2, 0.25) is 0 Å². The Hall–Kier alpha value is -2.30. The summed E-state index contributed by atoms with van der Waals surface area (Å²) in [5, 5.41) is 19.8.